The maximum Gasteiger partial charge on any atom is 0.0915 e. The Kier molecular flexibility index (Phi) is 1.48. The average molecular weight is 223 g/mol. The van der Waals surface area contributed by atoms with Gasteiger partial charge in [-0.15, -0.1) is 22.7 Å². The van der Waals surface area contributed by atoms with Crippen LogP contribution in [0.5, 0.6) is 0 Å². The van der Waals surface area contributed by atoms with Crippen molar-refractivity contribution >= 4 is 47.6 Å². The van der Waals surface area contributed by atoms with Gasteiger partial charge in [0.2, 0.25) is 0 Å². The van der Waals surface area contributed by atoms with Gasteiger partial charge < -0.3 is 5.73 Å². The van der Waals surface area contributed by atoms with Crippen LogP contribution < -0.4 is 16.1 Å². The summed E-state index contributed by atoms with van der Waals surface area (Å²) in [4.78, 5) is 4.42. The Morgan fingerprint density at radius 2 is 1.85 bits per heavy atom. The van der Waals surface area contributed by atoms with Crippen molar-refractivity contribution in [3.63, 3.8) is 0 Å². The summed E-state index contributed by atoms with van der Waals surface area (Å²) in [6, 6.07) is 4.53. The lowest BCUT2D eigenvalue weighted by molar-refractivity contribution is 1.66. The second kappa shape index (κ2) is 2.47. The summed E-state index contributed by atoms with van der Waals surface area (Å²) in [7, 11) is -0.178. The number of anilines is 1. The molecule has 2 aromatic rings. The molecular weight excluding hydrogens is 214 g/mol. The molecule has 3 rings (SSSR count). The first-order valence-corrected chi connectivity index (χ1v) is 7.26. The summed E-state index contributed by atoms with van der Waals surface area (Å²) >= 11 is 3.68. The van der Waals surface area contributed by atoms with Crippen LogP contribution in [0.1, 0.15) is 4.88 Å². The van der Waals surface area contributed by atoms with Gasteiger partial charge in [0.25, 0.3) is 0 Å². The highest BCUT2D eigenvalue weighted by molar-refractivity contribution is 7.27. The third-order valence-corrected chi connectivity index (χ3v) is 7.00. The molecule has 0 unspecified atom stereocenters. The quantitative estimate of drug-likeness (QED) is 0.561. The van der Waals surface area contributed by atoms with Crippen LogP contribution in [-0.2, 0) is 0 Å². The highest BCUT2D eigenvalue weighted by Gasteiger charge is 2.23. The van der Waals surface area contributed by atoms with E-state index in [2.05, 4.69) is 19.1 Å². The molecular formula is C9H9NS2Si. The minimum absolute atomic E-state index is 0.178. The van der Waals surface area contributed by atoms with Crippen molar-refractivity contribution in [2.24, 2.45) is 0 Å². The summed E-state index contributed by atoms with van der Waals surface area (Å²) in [6.45, 7) is 2.19. The van der Waals surface area contributed by atoms with Crippen molar-refractivity contribution < 1.29 is 0 Å². The second-order valence-corrected chi connectivity index (χ2v) is 7.61. The van der Waals surface area contributed by atoms with Crippen molar-refractivity contribution in [2.75, 3.05) is 5.73 Å². The first-order valence-electron chi connectivity index (χ1n) is 4.22. The molecule has 0 radical (unpaired) electrons. The van der Waals surface area contributed by atoms with Gasteiger partial charge in [0, 0.05) is 14.6 Å². The summed E-state index contributed by atoms with van der Waals surface area (Å²) in [5.74, 6) is 0. The average Bonchev–Trinajstić information content (AvgIpc) is 2.60. The van der Waals surface area contributed by atoms with Crippen LogP contribution in [0.4, 0.5) is 5.00 Å². The second-order valence-electron chi connectivity index (χ2n) is 3.39. The molecule has 0 saturated heterocycles. The number of rotatable bonds is 0. The Bertz CT molecular complexity index is 440. The van der Waals surface area contributed by atoms with Crippen molar-refractivity contribution in [1.29, 1.82) is 0 Å². The van der Waals surface area contributed by atoms with Gasteiger partial charge in [-0.2, -0.15) is 0 Å². The predicted octanol–water partition coefficient (Wildman–Crippen LogP) is 0.800. The molecule has 0 bridgehead atoms. The minimum atomic E-state index is -0.178. The van der Waals surface area contributed by atoms with E-state index in [-0.39, 0.29) is 9.52 Å². The van der Waals surface area contributed by atoms with Gasteiger partial charge in [0.15, 0.2) is 0 Å². The van der Waals surface area contributed by atoms with E-state index in [0.717, 1.165) is 5.00 Å². The Hall–Kier alpha value is -0.583. The van der Waals surface area contributed by atoms with Crippen LogP contribution in [0.15, 0.2) is 12.1 Å². The third-order valence-electron chi connectivity index (χ3n) is 2.35. The molecule has 0 spiro atoms. The van der Waals surface area contributed by atoms with Gasteiger partial charge in [-0.1, -0.05) is 0 Å². The monoisotopic (exact) mass is 223 g/mol. The smallest absolute Gasteiger partial charge is 0.0915 e. The number of aryl methyl sites for hydroxylation is 1. The normalized spacial score (nSPS) is 14.8. The molecule has 1 aliphatic rings. The van der Waals surface area contributed by atoms with Gasteiger partial charge in [0.1, 0.15) is 0 Å². The van der Waals surface area contributed by atoms with Crippen LogP contribution in [0.3, 0.4) is 0 Å². The van der Waals surface area contributed by atoms with E-state index in [0.29, 0.717) is 0 Å². The van der Waals surface area contributed by atoms with Crippen LogP contribution in [0.25, 0.3) is 9.75 Å². The Balaban J connectivity index is 2.28. The number of thiophene rings is 2. The molecule has 0 saturated carbocycles. The zero-order chi connectivity index (χ0) is 9.00. The molecule has 66 valence electrons. The van der Waals surface area contributed by atoms with Crippen molar-refractivity contribution in [3.05, 3.63) is 17.0 Å². The SMILES string of the molecule is Cc1cc2c(s1)-c1sc(N)cc1[SiH2]2. The van der Waals surface area contributed by atoms with Crippen molar-refractivity contribution in [2.45, 2.75) is 6.92 Å². The van der Waals surface area contributed by atoms with E-state index in [4.69, 9.17) is 5.73 Å². The highest BCUT2D eigenvalue weighted by atomic mass is 32.1. The number of hydrogen-bond donors (Lipinski definition) is 1. The first kappa shape index (κ1) is 7.79. The van der Waals surface area contributed by atoms with Crippen molar-refractivity contribution in [1.82, 2.24) is 0 Å². The van der Waals surface area contributed by atoms with Crippen LogP contribution in [0, 0.1) is 6.92 Å². The standard InChI is InChI=1S/C9H9NS2Si/c1-4-2-5-8(11-4)9-6(13-5)3-7(10)12-9/h2-3H,10,13H2,1H3. The summed E-state index contributed by atoms with van der Waals surface area (Å²) in [5.41, 5.74) is 5.80. The Morgan fingerprint density at radius 3 is 2.69 bits per heavy atom. The largest absolute Gasteiger partial charge is 0.391 e. The maximum absolute atomic E-state index is 5.80. The topological polar surface area (TPSA) is 26.0 Å². The fraction of sp³-hybridized carbons (Fsp3) is 0.111. The number of hydrogen-bond acceptors (Lipinski definition) is 3. The molecule has 2 aromatic heterocycles. The lowest BCUT2D eigenvalue weighted by Gasteiger charge is -1.87. The fourth-order valence-corrected chi connectivity index (χ4v) is 7.14. The molecule has 1 nitrogen and oxygen atoms in total. The Labute approximate surface area is 87.0 Å². The van der Waals surface area contributed by atoms with Crippen molar-refractivity contribution in [3.8, 4) is 9.75 Å². The third kappa shape index (κ3) is 1.03. The molecule has 2 N–H and O–H groups in total. The minimum Gasteiger partial charge on any atom is -0.391 e. The molecule has 13 heavy (non-hydrogen) atoms. The first-order chi connectivity index (χ1) is 6.24. The molecule has 0 aliphatic carbocycles. The van der Waals surface area contributed by atoms with E-state index in [9.17, 15) is 0 Å². The van der Waals surface area contributed by atoms with Gasteiger partial charge in [-0.05, 0) is 29.4 Å². The molecule has 0 atom stereocenters. The fourth-order valence-electron chi connectivity index (χ4n) is 1.87. The number of nitrogens with two attached hydrogens (primary N) is 1. The van der Waals surface area contributed by atoms with Crippen LogP contribution in [-0.4, -0.2) is 9.52 Å². The van der Waals surface area contributed by atoms with Gasteiger partial charge in [0.05, 0.1) is 14.5 Å². The van der Waals surface area contributed by atoms with Gasteiger partial charge in [-0.25, -0.2) is 0 Å². The predicted molar refractivity (Wildman–Crippen MR) is 64.6 cm³/mol. The number of nitrogen functional groups attached to an aromatic ring is 1. The van der Waals surface area contributed by atoms with Gasteiger partial charge in [-0.3, -0.25) is 0 Å². The lowest BCUT2D eigenvalue weighted by atomic mass is 10.4. The summed E-state index contributed by atoms with van der Waals surface area (Å²) in [6.07, 6.45) is 0. The van der Waals surface area contributed by atoms with Gasteiger partial charge >= 0.3 is 0 Å². The summed E-state index contributed by atoms with van der Waals surface area (Å²) < 4.78 is 0. The van der Waals surface area contributed by atoms with Crippen LogP contribution >= 0.6 is 22.7 Å². The molecule has 0 fully saturated rings. The maximum atomic E-state index is 5.80. The number of fused-ring (bicyclic) bond motifs is 3. The molecule has 4 heteroatoms. The van der Waals surface area contributed by atoms with E-state index in [1.807, 2.05) is 11.3 Å². The van der Waals surface area contributed by atoms with E-state index >= 15 is 0 Å². The Morgan fingerprint density at radius 1 is 1.15 bits per heavy atom. The molecule has 1 aliphatic heterocycles. The van der Waals surface area contributed by atoms with E-state index in [1.54, 1.807) is 21.7 Å². The molecule has 0 aromatic carbocycles. The highest BCUT2D eigenvalue weighted by Crippen LogP contribution is 2.34. The van der Waals surface area contributed by atoms with E-state index in [1.165, 1.54) is 14.6 Å². The summed E-state index contributed by atoms with van der Waals surface area (Å²) in [5, 5.41) is 4.17. The van der Waals surface area contributed by atoms with E-state index < -0.39 is 0 Å². The molecule has 3 heterocycles. The zero-order valence-electron chi connectivity index (χ0n) is 7.26. The zero-order valence-corrected chi connectivity index (χ0v) is 10.3. The molecule has 0 amide bonds. The lowest BCUT2D eigenvalue weighted by Crippen LogP contribution is -2.18. The van der Waals surface area contributed by atoms with Crippen LogP contribution in [0.2, 0.25) is 0 Å².